The summed E-state index contributed by atoms with van der Waals surface area (Å²) in [5, 5.41) is 30.4. The predicted molar refractivity (Wildman–Crippen MR) is 96.2 cm³/mol. The lowest BCUT2D eigenvalue weighted by Gasteiger charge is -2.30. The van der Waals surface area contributed by atoms with Crippen LogP contribution in [0.1, 0.15) is 66.2 Å². The van der Waals surface area contributed by atoms with Crippen LogP contribution in [0, 0.1) is 5.92 Å². The average Bonchev–Trinajstić information content (AvgIpc) is 2.48. The van der Waals surface area contributed by atoms with Gasteiger partial charge in [-0.25, -0.2) is 0 Å². The maximum absolute atomic E-state index is 10.6. The predicted octanol–water partition coefficient (Wildman–Crippen LogP) is 3.90. The van der Waals surface area contributed by atoms with Crippen molar-refractivity contribution in [3.05, 3.63) is 34.9 Å². The summed E-state index contributed by atoms with van der Waals surface area (Å²) in [6.45, 7) is 8.20. The summed E-state index contributed by atoms with van der Waals surface area (Å²) in [5.41, 5.74) is 2.47. The molecule has 3 N–H and O–H groups in total. The largest absolute Gasteiger partial charge is 0.392 e. The van der Waals surface area contributed by atoms with Crippen LogP contribution in [0.2, 0.25) is 0 Å². The molecule has 0 saturated heterocycles. The van der Waals surface area contributed by atoms with Gasteiger partial charge in [0.05, 0.1) is 18.3 Å². The van der Waals surface area contributed by atoms with Gasteiger partial charge in [-0.2, -0.15) is 0 Å². The Labute approximate surface area is 141 Å². The first kappa shape index (κ1) is 20.1. The van der Waals surface area contributed by atoms with Gasteiger partial charge < -0.3 is 15.3 Å². The lowest BCUT2D eigenvalue weighted by Crippen LogP contribution is -2.39. The Morgan fingerprint density at radius 2 is 1.91 bits per heavy atom. The molecule has 2 atom stereocenters. The second-order valence-corrected chi connectivity index (χ2v) is 7.38. The molecule has 0 aromatic rings. The van der Waals surface area contributed by atoms with Crippen LogP contribution in [0.5, 0.6) is 0 Å². The molecule has 0 aromatic heterocycles. The summed E-state index contributed by atoms with van der Waals surface area (Å²) in [5.74, 6) is 0.431. The Bertz CT molecular complexity index is 456. The van der Waals surface area contributed by atoms with E-state index >= 15 is 0 Å². The highest BCUT2D eigenvalue weighted by molar-refractivity contribution is 5.19. The fourth-order valence-corrected chi connectivity index (χ4v) is 2.84. The van der Waals surface area contributed by atoms with Crippen LogP contribution in [0.4, 0.5) is 0 Å². The van der Waals surface area contributed by atoms with Gasteiger partial charge in [-0.1, -0.05) is 43.2 Å². The molecule has 132 valence electrons. The minimum Gasteiger partial charge on any atom is -0.392 e. The summed E-state index contributed by atoms with van der Waals surface area (Å²) >= 11 is 0. The number of rotatable bonds is 2. The summed E-state index contributed by atoms with van der Waals surface area (Å²) < 4.78 is 0. The van der Waals surface area contributed by atoms with E-state index in [4.69, 9.17) is 0 Å². The third kappa shape index (κ3) is 7.03. The van der Waals surface area contributed by atoms with Crippen molar-refractivity contribution in [2.24, 2.45) is 5.92 Å². The molecule has 1 rings (SSSR count). The van der Waals surface area contributed by atoms with Crippen molar-refractivity contribution in [1.29, 1.82) is 0 Å². The average molecular weight is 322 g/mol. The van der Waals surface area contributed by atoms with Crippen molar-refractivity contribution in [3.8, 4) is 0 Å². The van der Waals surface area contributed by atoms with E-state index in [0.717, 1.165) is 24.8 Å². The SMILES string of the molecule is C/C1=C/C=C(/C(C)C)CC[C@](C)(O)[C@@H](O)CC/C(CO)=C\CC1. The Kier molecular flexibility index (Phi) is 8.24. The Morgan fingerprint density at radius 3 is 2.52 bits per heavy atom. The van der Waals surface area contributed by atoms with Gasteiger partial charge in [-0.15, -0.1) is 0 Å². The molecule has 3 nitrogen and oxygen atoms in total. The molecule has 0 aliphatic heterocycles. The highest BCUT2D eigenvalue weighted by atomic mass is 16.3. The topological polar surface area (TPSA) is 60.7 Å². The third-order valence-corrected chi connectivity index (χ3v) is 4.87. The molecular formula is C20H34O3. The fourth-order valence-electron chi connectivity index (χ4n) is 2.84. The van der Waals surface area contributed by atoms with Crippen molar-refractivity contribution < 1.29 is 15.3 Å². The standard InChI is InChI=1S/C20H34O3/c1-15(2)18-10-8-16(3)6-5-7-17(14-21)9-11-19(22)20(4,23)13-12-18/h7-8,10,15,19,21-23H,5-6,9,11-14H2,1-4H3/b16-8-,17-7+,18-10+/t19-,20-/m0/s1. The van der Waals surface area contributed by atoms with Gasteiger partial charge in [0.2, 0.25) is 0 Å². The van der Waals surface area contributed by atoms with Crippen LogP contribution in [-0.4, -0.2) is 33.6 Å². The summed E-state index contributed by atoms with van der Waals surface area (Å²) in [6, 6.07) is 0. The van der Waals surface area contributed by atoms with Crippen LogP contribution in [-0.2, 0) is 0 Å². The molecule has 0 unspecified atom stereocenters. The lowest BCUT2D eigenvalue weighted by molar-refractivity contribution is -0.0698. The normalized spacial score (nSPS) is 35.5. The van der Waals surface area contributed by atoms with E-state index in [1.807, 2.05) is 0 Å². The van der Waals surface area contributed by atoms with Crippen LogP contribution >= 0.6 is 0 Å². The van der Waals surface area contributed by atoms with Gasteiger partial charge in [-0.05, 0) is 63.9 Å². The van der Waals surface area contributed by atoms with Gasteiger partial charge in [-0.3, -0.25) is 0 Å². The first-order valence-corrected chi connectivity index (χ1v) is 8.81. The summed E-state index contributed by atoms with van der Waals surface area (Å²) in [4.78, 5) is 0. The molecule has 0 aromatic carbocycles. The molecule has 0 saturated carbocycles. The Morgan fingerprint density at radius 1 is 1.22 bits per heavy atom. The second kappa shape index (κ2) is 9.41. The first-order valence-electron chi connectivity index (χ1n) is 8.81. The maximum Gasteiger partial charge on any atom is 0.0880 e. The van der Waals surface area contributed by atoms with Gasteiger partial charge in [0, 0.05) is 0 Å². The van der Waals surface area contributed by atoms with Gasteiger partial charge in [0.15, 0.2) is 0 Å². The van der Waals surface area contributed by atoms with Crippen molar-refractivity contribution >= 4 is 0 Å². The van der Waals surface area contributed by atoms with Crippen molar-refractivity contribution in [1.82, 2.24) is 0 Å². The highest BCUT2D eigenvalue weighted by Crippen LogP contribution is 2.27. The van der Waals surface area contributed by atoms with Gasteiger partial charge >= 0.3 is 0 Å². The van der Waals surface area contributed by atoms with Crippen molar-refractivity contribution in [3.63, 3.8) is 0 Å². The van der Waals surface area contributed by atoms with E-state index in [1.54, 1.807) is 6.92 Å². The number of allylic oxidation sites excluding steroid dienone is 5. The molecule has 3 heteroatoms. The quantitative estimate of drug-likeness (QED) is 0.676. The van der Waals surface area contributed by atoms with E-state index in [-0.39, 0.29) is 6.61 Å². The van der Waals surface area contributed by atoms with Crippen LogP contribution in [0.3, 0.4) is 0 Å². The molecule has 1 aliphatic carbocycles. The smallest absolute Gasteiger partial charge is 0.0880 e. The van der Waals surface area contributed by atoms with E-state index in [2.05, 4.69) is 39.0 Å². The van der Waals surface area contributed by atoms with Crippen LogP contribution in [0.25, 0.3) is 0 Å². The summed E-state index contributed by atoms with van der Waals surface area (Å²) in [6.07, 6.45) is 9.95. The molecule has 0 fully saturated rings. The van der Waals surface area contributed by atoms with Gasteiger partial charge in [0.1, 0.15) is 0 Å². The molecule has 0 radical (unpaired) electrons. The monoisotopic (exact) mass is 322 g/mol. The van der Waals surface area contributed by atoms with E-state index < -0.39 is 11.7 Å². The molecule has 1 aliphatic rings. The van der Waals surface area contributed by atoms with E-state index in [0.29, 0.717) is 25.2 Å². The third-order valence-electron chi connectivity index (χ3n) is 4.87. The molecular weight excluding hydrogens is 288 g/mol. The van der Waals surface area contributed by atoms with Crippen LogP contribution < -0.4 is 0 Å². The molecule has 0 bridgehead atoms. The molecule has 0 spiro atoms. The number of hydrogen-bond donors (Lipinski definition) is 3. The lowest BCUT2D eigenvalue weighted by atomic mass is 9.85. The second-order valence-electron chi connectivity index (χ2n) is 7.38. The van der Waals surface area contributed by atoms with Crippen molar-refractivity contribution in [2.75, 3.05) is 6.61 Å². The van der Waals surface area contributed by atoms with E-state index in [1.165, 1.54) is 11.1 Å². The molecule has 0 heterocycles. The maximum atomic E-state index is 10.6. The zero-order valence-electron chi connectivity index (χ0n) is 15.2. The minimum absolute atomic E-state index is 0.0228. The van der Waals surface area contributed by atoms with Gasteiger partial charge in [0.25, 0.3) is 0 Å². The number of hydrogen-bond acceptors (Lipinski definition) is 3. The van der Waals surface area contributed by atoms with Crippen molar-refractivity contribution in [2.45, 2.75) is 77.9 Å². The summed E-state index contributed by atoms with van der Waals surface area (Å²) in [7, 11) is 0. The van der Waals surface area contributed by atoms with Crippen LogP contribution in [0.15, 0.2) is 34.9 Å². The zero-order valence-corrected chi connectivity index (χ0v) is 15.2. The minimum atomic E-state index is -1.10. The highest BCUT2D eigenvalue weighted by Gasteiger charge is 2.30. The molecule has 23 heavy (non-hydrogen) atoms. The Balaban J connectivity index is 3.01. The number of aliphatic hydroxyl groups is 3. The first-order chi connectivity index (χ1) is 10.8. The molecule has 0 amide bonds. The fraction of sp³-hybridized carbons (Fsp3) is 0.700. The zero-order chi connectivity index (χ0) is 17.5. The number of aliphatic hydroxyl groups excluding tert-OH is 2. The van der Waals surface area contributed by atoms with E-state index in [9.17, 15) is 15.3 Å². The Hall–Kier alpha value is -0.900.